The predicted octanol–water partition coefficient (Wildman–Crippen LogP) is 1.46. The van der Waals surface area contributed by atoms with Gasteiger partial charge in [-0.05, 0) is 48.5 Å². The van der Waals surface area contributed by atoms with E-state index in [1.165, 1.54) is 52.1 Å². The summed E-state index contributed by atoms with van der Waals surface area (Å²) in [5, 5.41) is 8.62. The van der Waals surface area contributed by atoms with Crippen LogP contribution in [0.4, 0.5) is 0 Å². The molecule has 0 unspecified atom stereocenters. The van der Waals surface area contributed by atoms with E-state index in [4.69, 9.17) is 0 Å². The molecule has 0 fully saturated rings. The Bertz CT molecular complexity index is 1510. The van der Waals surface area contributed by atoms with Gasteiger partial charge in [0.05, 0.1) is 33.1 Å². The molecule has 2 aromatic carbocycles. The molecule has 4 aromatic rings. The molecule has 0 aliphatic rings. The Labute approximate surface area is 179 Å². The molecule has 2 aromatic heterocycles. The van der Waals surface area contributed by atoms with Crippen LogP contribution in [0, 0.1) is 0 Å². The first kappa shape index (κ1) is 20.7. The van der Waals surface area contributed by atoms with Gasteiger partial charge in [-0.25, -0.2) is 26.2 Å². The third kappa shape index (κ3) is 4.18. The minimum atomic E-state index is -3.41. The lowest BCUT2D eigenvalue weighted by atomic mass is 10.2. The van der Waals surface area contributed by atoms with Gasteiger partial charge in [0, 0.05) is 18.5 Å². The van der Waals surface area contributed by atoms with Gasteiger partial charge in [0.15, 0.2) is 26.2 Å². The van der Waals surface area contributed by atoms with E-state index in [9.17, 15) is 21.6 Å². The molecule has 0 aliphatic heterocycles. The number of nitrogens with zero attached hydrogens (tertiary/aromatic N) is 4. The highest BCUT2D eigenvalue weighted by Gasteiger charge is 2.15. The number of hydrogen-bond acceptors (Lipinski definition) is 7. The van der Waals surface area contributed by atoms with Gasteiger partial charge in [0.25, 0.3) is 0 Å². The maximum absolute atomic E-state index is 12.6. The van der Waals surface area contributed by atoms with Crippen molar-refractivity contribution >= 4 is 20.5 Å². The normalized spacial score (nSPS) is 11.7. The Morgan fingerprint density at radius 1 is 0.935 bits per heavy atom. The molecule has 0 bridgehead atoms. The Kier molecular flexibility index (Phi) is 5.29. The molecule has 2 heterocycles. The monoisotopic (exact) mass is 456 g/mol. The average molecular weight is 457 g/mol. The minimum Gasteiger partial charge on any atom is -0.287 e. The highest BCUT2D eigenvalue weighted by molar-refractivity contribution is 7.90. The van der Waals surface area contributed by atoms with E-state index in [0.717, 1.165) is 6.26 Å². The maximum atomic E-state index is 12.6. The standard InChI is InChI=1S/C20H16N4O5S2/c1-31(28,29)17-4-2-3-15(13-17)23-12-10-19(25)20(22-23)18-9-11-21-24(18)14-5-7-16(8-6-14)30(26)27/h2-13,30H,1H3. The lowest BCUT2D eigenvalue weighted by molar-refractivity contribution is 0.601. The highest BCUT2D eigenvalue weighted by atomic mass is 32.2. The Morgan fingerprint density at radius 2 is 1.68 bits per heavy atom. The first-order valence-corrected chi connectivity index (χ1v) is 12.0. The van der Waals surface area contributed by atoms with Crippen LogP contribution in [0.25, 0.3) is 22.8 Å². The number of rotatable bonds is 5. The van der Waals surface area contributed by atoms with Crippen LogP contribution >= 0.6 is 0 Å². The van der Waals surface area contributed by atoms with Crippen LogP contribution in [0.3, 0.4) is 0 Å². The number of aromatic nitrogens is 4. The lowest BCUT2D eigenvalue weighted by Crippen LogP contribution is -2.15. The number of benzene rings is 2. The molecule has 9 nitrogen and oxygen atoms in total. The molecule has 0 saturated heterocycles. The first-order chi connectivity index (χ1) is 14.7. The molecule has 0 N–H and O–H groups in total. The first-order valence-electron chi connectivity index (χ1n) is 8.94. The summed E-state index contributed by atoms with van der Waals surface area (Å²) in [6.45, 7) is 0. The van der Waals surface area contributed by atoms with Gasteiger partial charge in [0.1, 0.15) is 0 Å². The van der Waals surface area contributed by atoms with E-state index in [1.807, 2.05) is 0 Å². The average Bonchev–Trinajstić information content (AvgIpc) is 3.23. The summed E-state index contributed by atoms with van der Waals surface area (Å²) in [6.07, 6.45) is 4.07. The van der Waals surface area contributed by atoms with Crippen molar-refractivity contribution in [2.45, 2.75) is 9.79 Å². The number of thiol groups is 1. The Balaban J connectivity index is 1.81. The number of sulfone groups is 1. The SMILES string of the molecule is CS(=O)(=O)c1cccc(-n2ccc(=O)c(-c3ccnn3-c3ccc([SH](=O)=O)cc3)n2)c1. The summed E-state index contributed by atoms with van der Waals surface area (Å²) >= 11 is 0. The molecule has 0 radical (unpaired) electrons. The van der Waals surface area contributed by atoms with Gasteiger partial charge in [-0.3, -0.25) is 4.79 Å². The largest absolute Gasteiger partial charge is 0.287 e. The second-order valence-corrected chi connectivity index (χ2v) is 9.69. The Morgan fingerprint density at radius 3 is 2.35 bits per heavy atom. The summed E-state index contributed by atoms with van der Waals surface area (Å²) in [7, 11) is -6.11. The molecular formula is C20H16N4O5S2. The molecule has 0 saturated carbocycles. The minimum absolute atomic E-state index is 0.101. The topological polar surface area (TPSA) is 121 Å². The molecule has 31 heavy (non-hydrogen) atoms. The molecule has 0 spiro atoms. The summed E-state index contributed by atoms with van der Waals surface area (Å²) in [5.41, 5.74) is 1.17. The van der Waals surface area contributed by atoms with E-state index in [0.29, 0.717) is 17.1 Å². The van der Waals surface area contributed by atoms with Gasteiger partial charge >= 0.3 is 0 Å². The zero-order chi connectivity index (χ0) is 22.2. The summed E-state index contributed by atoms with van der Waals surface area (Å²) in [6, 6.07) is 15.2. The zero-order valence-corrected chi connectivity index (χ0v) is 17.8. The van der Waals surface area contributed by atoms with Crippen molar-refractivity contribution in [1.29, 1.82) is 0 Å². The van der Waals surface area contributed by atoms with Crippen molar-refractivity contribution in [2.75, 3.05) is 6.26 Å². The van der Waals surface area contributed by atoms with Gasteiger partial charge in [-0.15, -0.1) is 0 Å². The van der Waals surface area contributed by atoms with Crippen molar-refractivity contribution in [3.05, 3.63) is 83.3 Å². The predicted molar refractivity (Wildman–Crippen MR) is 114 cm³/mol. The summed E-state index contributed by atoms with van der Waals surface area (Å²) in [4.78, 5) is 12.9. The van der Waals surface area contributed by atoms with E-state index in [-0.39, 0.29) is 20.9 Å². The quantitative estimate of drug-likeness (QED) is 0.451. The third-order valence-electron chi connectivity index (χ3n) is 4.51. The van der Waals surface area contributed by atoms with Gasteiger partial charge in [-0.2, -0.15) is 10.2 Å². The molecular weight excluding hydrogens is 440 g/mol. The van der Waals surface area contributed by atoms with Gasteiger partial charge < -0.3 is 0 Å². The van der Waals surface area contributed by atoms with Crippen molar-refractivity contribution in [2.24, 2.45) is 0 Å². The van der Waals surface area contributed by atoms with E-state index in [2.05, 4.69) is 10.2 Å². The van der Waals surface area contributed by atoms with Crippen LogP contribution < -0.4 is 5.43 Å². The van der Waals surface area contributed by atoms with Crippen molar-refractivity contribution in [1.82, 2.24) is 19.6 Å². The van der Waals surface area contributed by atoms with Crippen molar-refractivity contribution in [3.8, 4) is 22.8 Å². The zero-order valence-electron chi connectivity index (χ0n) is 16.1. The summed E-state index contributed by atoms with van der Waals surface area (Å²) in [5.74, 6) is 0. The van der Waals surface area contributed by atoms with Crippen LogP contribution in [0.1, 0.15) is 0 Å². The second-order valence-electron chi connectivity index (χ2n) is 6.64. The fraction of sp³-hybridized carbons (Fsp3) is 0.0500. The maximum Gasteiger partial charge on any atom is 0.209 e. The molecule has 0 atom stereocenters. The van der Waals surface area contributed by atoms with Gasteiger partial charge in [0.2, 0.25) is 5.43 Å². The van der Waals surface area contributed by atoms with Crippen LogP contribution in [0.2, 0.25) is 0 Å². The van der Waals surface area contributed by atoms with Crippen LogP contribution in [-0.2, 0) is 20.5 Å². The molecule has 11 heteroatoms. The van der Waals surface area contributed by atoms with E-state index >= 15 is 0 Å². The molecule has 4 rings (SSSR count). The molecule has 158 valence electrons. The summed E-state index contributed by atoms with van der Waals surface area (Å²) < 4.78 is 48.8. The van der Waals surface area contributed by atoms with E-state index in [1.54, 1.807) is 30.3 Å². The smallest absolute Gasteiger partial charge is 0.209 e. The van der Waals surface area contributed by atoms with Gasteiger partial charge in [-0.1, -0.05) is 6.07 Å². The Hall–Kier alpha value is -3.57. The van der Waals surface area contributed by atoms with E-state index < -0.39 is 20.5 Å². The van der Waals surface area contributed by atoms with Crippen LogP contribution in [0.5, 0.6) is 0 Å². The van der Waals surface area contributed by atoms with Crippen molar-refractivity contribution < 1.29 is 16.8 Å². The van der Waals surface area contributed by atoms with Crippen molar-refractivity contribution in [3.63, 3.8) is 0 Å². The second kappa shape index (κ2) is 7.93. The fourth-order valence-corrected chi connectivity index (χ4v) is 4.04. The highest BCUT2D eigenvalue weighted by Crippen LogP contribution is 2.20. The van der Waals surface area contributed by atoms with Crippen LogP contribution in [-0.4, -0.2) is 42.7 Å². The third-order valence-corrected chi connectivity index (χ3v) is 6.34. The molecule has 0 amide bonds. The van der Waals surface area contributed by atoms with Crippen LogP contribution in [0.15, 0.2) is 87.6 Å². The number of hydrogen-bond donors (Lipinski definition) is 1. The lowest BCUT2D eigenvalue weighted by Gasteiger charge is -2.10. The molecule has 0 aliphatic carbocycles. The fourth-order valence-electron chi connectivity index (χ4n) is 2.99.